The van der Waals surface area contributed by atoms with E-state index in [-0.39, 0.29) is 12.6 Å². The minimum Gasteiger partial charge on any atom is -0.480 e. The summed E-state index contributed by atoms with van der Waals surface area (Å²) in [4.78, 5) is 24.3. The Morgan fingerprint density at radius 1 is 1.36 bits per heavy atom. The van der Waals surface area contributed by atoms with Gasteiger partial charge >= 0.3 is 12.1 Å². The fraction of sp³-hybridized carbons (Fsp3) is 0.750. The topological polar surface area (TPSA) is 81.1 Å². The SMILES string of the molecule is CN(C)[C@H]1C[C@@H](C(=O)O)N(C(=O)O)C1. The first-order valence-electron chi connectivity index (χ1n) is 4.32. The third-order valence-corrected chi connectivity index (χ3v) is 2.54. The lowest BCUT2D eigenvalue weighted by Gasteiger charge is -2.18. The van der Waals surface area contributed by atoms with E-state index in [0.29, 0.717) is 6.42 Å². The Labute approximate surface area is 81.7 Å². The van der Waals surface area contributed by atoms with Gasteiger partial charge < -0.3 is 15.1 Å². The van der Waals surface area contributed by atoms with Gasteiger partial charge in [0.1, 0.15) is 6.04 Å². The van der Waals surface area contributed by atoms with Crippen molar-refractivity contribution < 1.29 is 19.8 Å². The Hall–Kier alpha value is -1.30. The predicted molar refractivity (Wildman–Crippen MR) is 48.2 cm³/mol. The van der Waals surface area contributed by atoms with E-state index in [1.165, 1.54) is 0 Å². The van der Waals surface area contributed by atoms with Gasteiger partial charge in [0, 0.05) is 12.6 Å². The van der Waals surface area contributed by atoms with Crippen LogP contribution in [0, 0.1) is 0 Å². The number of likely N-dealkylation sites (N-methyl/N-ethyl adjacent to an activating group) is 1. The maximum absolute atomic E-state index is 10.8. The summed E-state index contributed by atoms with van der Waals surface area (Å²) in [6.45, 7) is 0.263. The molecule has 2 atom stereocenters. The average molecular weight is 202 g/mol. The van der Waals surface area contributed by atoms with Crippen LogP contribution in [0.4, 0.5) is 4.79 Å². The molecule has 1 aliphatic rings. The van der Waals surface area contributed by atoms with Crippen LogP contribution in [-0.2, 0) is 4.79 Å². The highest BCUT2D eigenvalue weighted by atomic mass is 16.4. The van der Waals surface area contributed by atoms with Gasteiger partial charge in [0.25, 0.3) is 0 Å². The van der Waals surface area contributed by atoms with Gasteiger partial charge in [0.05, 0.1) is 0 Å². The Kier molecular flexibility index (Phi) is 2.95. The lowest BCUT2D eigenvalue weighted by molar-refractivity contribution is -0.141. The van der Waals surface area contributed by atoms with Crippen molar-refractivity contribution in [2.24, 2.45) is 0 Å². The standard InChI is InChI=1S/C8H14N2O4/c1-9(2)5-3-6(7(11)12)10(4-5)8(13)14/h5-6H,3-4H2,1-2H3,(H,11,12)(H,13,14)/t5-,6-/m0/s1. The molecule has 0 aromatic carbocycles. The van der Waals surface area contributed by atoms with E-state index in [1.807, 2.05) is 19.0 Å². The number of carboxylic acid groups (broad SMARTS) is 2. The molecule has 0 aromatic heterocycles. The van der Waals surface area contributed by atoms with E-state index in [0.717, 1.165) is 4.90 Å². The van der Waals surface area contributed by atoms with E-state index in [1.54, 1.807) is 0 Å². The van der Waals surface area contributed by atoms with Crippen molar-refractivity contribution in [2.75, 3.05) is 20.6 Å². The molecule has 0 aliphatic carbocycles. The summed E-state index contributed by atoms with van der Waals surface area (Å²) in [6.07, 6.45) is -0.809. The maximum Gasteiger partial charge on any atom is 0.408 e. The van der Waals surface area contributed by atoms with Gasteiger partial charge in [-0.25, -0.2) is 9.59 Å². The molecule has 0 radical (unpaired) electrons. The average Bonchev–Trinajstić information content (AvgIpc) is 2.47. The van der Waals surface area contributed by atoms with Gasteiger partial charge in [-0.2, -0.15) is 0 Å². The molecule has 0 saturated carbocycles. The molecule has 0 unspecified atom stereocenters. The fourth-order valence-electron chi connectivity index (χ4n) is 1.63. The number of carbonyl (C=O) groups is 2. The summed E-state index contributed by atoms with van der Waals surface area (Å²) in [5, 5.41) is 17.6. The molecule has 1 rings (SSSR count). The minimum absolute atomic E-state index is 0.00722. The van der Waals surface area contributed by atoms with Crippen molar-refractivity contribution in [1.82, 2.24) is 9.80 Å². The van der Waals surface area contributed by atoms with Gasteiger partial charge in [-0.05, 0) is 20.5 Å². The van der Waals surface area contributed by atoms with Crippen molar-refractivity contribution in [1.29, 1.82) is 0 Å². The largest absolute Gasteiger partial charge is 0.480 e. The van der Waals surface area contributed by atoms with Crippen molar-refractivity contribution in [3.8, 4) is 0 Å². The third-order valence-electron chi connectivity index (χ3n) is 2.54. The van der Waals surface area contributed by atoms with Gasteiger partial charge in [0.15, 0.2) is 0 Å². The van der Waals surface area contributed by atoms with Crippen LogP contribution < -0.4 is 0 Å². The first-order chi connectivity index (χ1) is 6.43. The van der Waals surface area contributed by atoms with E-state index in [4.69, 9.17) is 10.2 Å². The zero-order chi connectivity index (χ0) is 10.9. The molecule has 1 amide bonds. The highest BCUT2D eigenvalue weighted by molar-refractivity contribution is 5.80. The van der Waals surface area contributed by atoms with Crippen LogP contribution >= 0.6 is 0 Å². The van der Waals surface area contributed by atoms with E-state index in [9.17, 15) is 9.59 Å². The molecule has 14 heavy (non-hydrogen) atoms. The quantitative estimate of drug-likeness (QED) is 0.645. The number of rotatable bonds is 2. The van der Waals surface area contributed by atoms with Crippen molar-refractivity contribution in [3.05, 3.63) is 0 Å². The molecule has 0 spiro atoms. The highest BCUT2D eigenvalue weighted by Crippen LogP contribution is 2.20. The first-order valence-corrected chi connectivity index (χ1v) is 4.32. The zero-order valence-electron chi connectivity index (χ0n) is 8.17. The maximum atomic E-state index is 10.8. The molecular weight excluding hydrogens is 188 g/mol. The number of carboxylic acids is 1. The van der Waals surface area contributed by atoms with Gasteiger partial charge in [-0.1, -0.05) is 0 Å². The van der Waals surface area contributed by atoms with E-state index < -0.39 is 18.1 Å². The predicted octanol–water partition coefficient (Wildman–Crippen LogP) is -0.246. The smallest absolute Gasteiger partial charge is 0.408 e. The molecule has 6 heteroatoms. The second kappa shape index (κ2) is 3.83. The molecule has 1 heterocycles. The van der Waals surface area contributed by atoms with Crippen molar-refractivity contribution in [2.45, 2.75) is 18.5 Å². The van der Waals surface area contributed by atoms with Crippen LogP contribution in [0.15, 0.2) is 0 Å². The summed E-state index contributed by atoms with van der Waals surface area (Å²) in [5.74, 6) is -1.07. The monoisotopic (exact) mass is 202 g/mol. The lowest BCUT2D eigenvalue weighted by Crippen LogP contribution is -2.40. The minimum atomic E-state index is -1.17. The molecule has 2 N–H and O–H groups in total. The fourth-order valence-corrected chi connectivity index (χ4v) is 1.63. The lowest BCUT2D eigenvalue weighted by atomic mass is 10.1. The summed E-state index contributed by atoms with van der Waals surface area (Å²) < 4.78 is 0. The Bertz CT molecular complexity index is 232. The van der Waals surface area contributed by atoms with E-state index in [2.05, 4.69) is 0 Å². The Morgan fingerprint density at radius 2 is 1.93 bits per heavy atom. The first kappa shape index (κ1) is 10.8. The normalized spacial score (nSPS) is 26.9. The van der Waals surface area contributed by atoms with Gasteiger partial charge in [0.2, 0.25) is 0 Å². The Balaban J connectivity index is 2.75. The van der Waals surface area contributed by atoms with Crippen LogP contribution in [0.25, 0.3) is 0 Å². The van der Waals surface area contributed by atoms with E-state index >= 15 is 0 Å². The van der Waals surface area contributed by atoms with Gasteiger partial charge in [-0.15, -0.1) is 0 Å². The summed E-state index contributed by atoms with van der Waals surface area (Å²) in [6, 6.07) is -0.910. The molecule has 0 bridgehead atoms. The van der Waals surface area contributed by atoms with Crippen molar-refractivity contribution >= 4 is 12.1 Å². The summed E-state index contributed by atoms with van der Waals surface area (Å²) in [5.41, 5.74) is 0. The molecule has 1 saturated heterocycles. The summed E-state index contributed by atoms with van der Waals surface area (Å²) in [7, 11) is 3.63. The molecule has 1 aliphatic heterocycles. The molecule has 6 nitrogen and oxygen atoms in total. The van der Waals surface area contributed by atoms with Crippen LogP contribution in [0.5, 0.6) is 0 Å². The molecule has 1 fully saturated rings. The number of hydrogen-bond donors (Lipinski definition) is 2. The van der Waals surface area contributed by atoms with Crippen LogP contribution in [0.3, 0.4) is 0 Å². The van der Waals surface area contributed by atoms with Crippen LogP contribution in [0.1, 0.15) is 6.42 Å². The number of hydrogen-bond acceptors (Lipinski definition) is 3. The number of likely N-dealkylation sites (tertiary alicyclic amines) is 1. The molecule has 0 aromatic rings. The van der Waals surface area contributed by atoms with Gasteiger partial charge in [-0.3, -0.25) is 4.90 Å². The zero-order valence-corrected chi connectivity index (χ0v) is 8.17. The van der Waals surface area contributed by atoms with Crippen molar-refractivity contribution in [3.63, 3.8) is 0 Å². The highest BCUT2D eigenvalue weighted by Gasteiger charge is 2.40. The number of amides is 1. The Morgan fingerprint density at radius 3 is 2.21 bits per heavy atom. The molecule has 80 valence electrons. The molecular formula is C8H14N2O4. The van der Waals surface area contributed by atoms with Crippen LogP contribution in [-0.4, -0.2) is 64.8 Å². The second-order valence-electron chi connectivity index (χ2n) is 3.64. The van der Waals surface area contributed by atoms with Crippen LogP contribution in [0.2, 0.25) is 0 Å². The second-order valence-corrected chi connectivity index (χ2v) is 3.64. The third kappa shape index (κ3) is 1.95. The number of nitrogens with zero attached hydrogens (tertiary/aromatic N) is 2. The number of aliphatic carboxylic acids is 1. The summed E-state index contributed by atoms with van der Waals surface area (Å²) >= 11 is 0.